The highest BCUT2D eigenvalue weighted by Gasteiger charge is 2.40. The minimum absolute atomic E-state index is 0.121. The van der Waals surface area contributed by atoms with Gasteiger partial charge in [-0.05, 0) is 62.1 Å². The molecule has 4 nitrogen and oxygen atoms in total. The van der Waals surface area contributed by atoms with Crippen LogP contribution in [-0.4, -0.2) is 25.1 Å². The first-order chi connectivity index (χ1) is 11.1. The summed E-state index contributed by atoms with van der Waals surface area (Å²) in [4.78, 5) is 12.7. The fraction of sp³-hybridized carbons (Fsp3) is 0.632. The molecule has 0 aliphatic heterocycles. The lowest BCUT2D eigenvalue weighted by molar-refractivity contribution is -0.124. The first-order valence-electron chi connectivity index (χ1n) is 8.78. The molecule has 0 saturated heterocycles. The van der Waals surface area contributed by atoms with E-state index in [1.54, 1.807) is 7.11 Å². The highest BCUT2D eigenvalue weighted by Crippen LogP contribution is 2.40. The van der Waals surface area contributed by atoms with Crippen molar-refractivity contribution in [1.82, 2.24) is 5.32 Å². The van der Waals surface area contributed by atoms with Gasteiger partial charge in [-0.15, -0.1) is 0 Å². The van der Waals surface area contributed by atoms with Crippen molar-refractivity contribution in [3.63, 3.8) is 0 Å². The summed E-state index contributed by atoms with van der Waals surface area (Å²) in [6.07, 6.45) is 5.77. The van der Waals surface area contributed by atoms with Crippen molar-refractivity contribution < 1.29 is 9.53 Å². The molecule has 4 heteroatoms. The Hall–Kier alpha value is -1.55. The van der Waals surface area contributed by atoms with Gasteiger partial charge in [0.05, 0.1) is 13.0 Å². The number of carbonyl (C=O) groups is 1. The van der Waals surface area contributed by atoms with E-state index in [0.29, 0.717) is 23.9 Å². The zero-order chi connectivity index (χ0) is 16.4. The largest absolute Gasteiger partial charge is 0.497 e. The van der Waals surface area contributed by atoms with Gasteiger partial charge in [0.1, 0.15) is 5.75 Å². The van der Waals surface area contributed by atoms with Crippen LogP contribution in [0, 0.1) is 11.8 Å². The molecule has 2 fully saturated rings. The van der Waals surface area contributed by atoms with Gasteiger partial charge in [0.15, 0.2) is 0 Å². The third kappa shape index (κ3) is 3.52. The average molecular weight is 316 g/mol. The van der Waals surface area contributed by atoms with E-state index in [-0.39, 0.29) is 11.8 Å². The average Bonchev–Trinajstić information content (AvgIpc) is 2.55. The van der Waals surface area contributed by atoms with Gasteiger partial charge in [-0.3, -0.25) is 4.79 Å². The molecule has 2 aliphatic rings. The summed E-state index contributed by atoms with van der Waals surface area (Å²) in [6, 6.07) is 8.40. The molecule has 0 heterocycles. The van der Waals surface area contributed by atoms with E-state index in [1.165, 1.54) is 19.3 Å². The van der Waals surface area contributed by atoms with Crippen molar-refractivity contribution in [2.75, 3.05) is 7.11 Å². The van der Waals surface area contributed by atoms with Crippen LogP contribution in [0.25, 0.3) is 0 Å². The van der Waals surface area contributed by atoms with Gasteiger partial charge in [0.25, 0.3) is 0 Å². The first-order valence-corrected chi connectivity index (χ1v) is 8.78. The smallest absolute Gasteiger partial charge is 0.227 e. The number of amides is 1. The first kappa shape index (κ1) is 16.3. The van der Waals surface area contributed by atoms with Crippen LogP contribution in [0.15, 0.2) is 24.3 Å². The van der Waals surface area contributed by atoms with E-state index in [9.17, 15) is 4.79 Å². The van der Waals surface area contributed by atoms with Gasteiger partial charge in [-0.2, -0.15) is 0 Å². The molecule has 2 aliphatic carbocycles. The second-order valence-electron chi connectivity index (χ2n) is 7.22. The number of nitrogens with one attached hydrogen (secondary N) is 1. The van der Waals surface area contributed by atoms with Crippen LogP contribution in [0.4, 0.5) is 0 Å². The van der Waals surface area contributed by atoms with Crippen molar-refractivity contribution >= 4 is 5.91 Å². The topological polar surface area (TPSA) is 64.3 Å². The third-order valence-corrected chi connectivity index (χ3v) is 5.67. The molecule has 1 amide bonds. The van der Waals surface area contributed by atoms with E-state index < -0.39 is 0 Å². The van der Waals surface area contributed by atoms with Crippen LogP contribution in [0.3, 0.4) is 0 Å². The third-order valence-electron chi connectivity index (χ3n) is 5.67. The molecule has 3 atom stereocenters. The molecule has 3 N–H and O–H groups in total. The monoisotopic (exact) mass is 316 g/mol. The summed E-state index contributed by atoms with van der Waals surface area (Å²) in [7, 11) is 1.65. The van der Waals surface area contributed by atoms with Crippen molar-refractivity contribution in [2.24, 2.45) is 17.6 Å². The fourth-order valence-corrected chi connectivity index (χ4v) is 4.38. The van der Waals surface area contributed by atoms with Crippen LogP contribution in [0.2, 0.25) is 0 Å². The Balaban J connectivity index is 1.68. The number of nitrogens with two attached hydrogens (primary N) is 1. The lowest BCUT2D eigenvalue weighted by atomic mass is 9.67. The molecule has 23 heavy (non-hydrogen) atoms. The van der Waals surface area contributed by atoms with Gasteiger partial charge in [0, 0.05) is 12.1 Å². The molecular weight excluding hydrogens is 288 g/mol. The number of hydrogen-bond acceptors (Lipinski definition) is 3. The van der Waals surface area contributed by atoms with Gasteiger partial charge in [-0.25, -0.2) is 0 Å². The van der Waals surface area contributed by atoms with Gasteiger partial charge in [0.2, 0.25) is 5.91 Å². The van der Waals surface area contributed by atoms with Crippen LogP contribution in [-0.2, 0) is 4.79 Å². The van der Waals surface area contributed by atoms with Crippen molar-refractivity contribution in [1.29, 1.82) is 0 Å². The van der Waals surface area contributed by atoms with Crippen LogP contribution in [0.5, 0.6) is 5.75 Å². The Labute approximate surface area is 138 Å². The molecular formula is C19H28N2O2. The summed E-state index contributed by atoms with van der Waals surface area (Å²) >= 11 is 0. The Morgan fingerprint density at radius 2 is 2.00 bits per heavy atom. The summed E-state index contributed by atoms with van der Waals surface area (Å²) in [5.74, 6) is 1.86. The minimum atomic E-state index is -0.165. The summed E-state index contributed by atoms with van der Waals surface area (Å²) < 4.78 is 5.26. The predicted molar refractivity (Wildman–Crippen MR) is 91.4 cm³/mol. The minimum Gasteiger partial charge on any atom is -0.497 e. The Morgan fingerprint density at radius 1 is 1.30 bits per heavy atom. The van der Waals surface area contributed by atoms with E-state index in [4.69, 9.17) is 10.5 Å². The SMILES string of the molecule is COc1cccc(C(C)C(=O)NC2C3CCCC2CC(N)C3)c1. The lowest BCUT2D eigenvalue weighted by Gasteiger charge is -2.45. The zero-order valence-corrected chi connectivity index (χ0v) is 14.1. The number of rotatable bonds is 4. The number of hydrogen-bond donors (Lipinski definition) is 2. The molecule has 1 aromatic carbocycles. The maximum Gasteiger partial charge on any atom is 0.227 e. The maximum absolute atomic E-state index is 12.7. The molecule has 2 saturated carbocycles. The summed E-state index contributed by atoms with van der Waals surface area (Å²) in [6.45, 7) is 1.97. The van der Waals surface area contributed by atoms with E-state index in [1.807, 2.05) is 31.2 Å². The summed E-state index contributed by atoms with van der Waals surface area (Å²) in [5, 5.41) is 3.34. The van der Waals surface area contributed by atoms with Crippen molar-refractivity contribution in [2.45, 2.75) is 57.0 Å². The van der Waals surface area contributed by atoms with Crippen LogP contribution < -0.4 is 15.8 Å². The van der Waals surface area contributed by atoms with Gasteiger partial charge < -0.3 is 15.8 Å². The Morgan fingerprint density at radius 3 is 2.65 bits per heavy atom. The molecule has 0 aromatic heterocycles. The number of carbonyl (C=O) groups excluding carboxylic acids is 1. The quantitative estimate of drug-likeness (QED) is 0.898. The van der Waals surface area contributed by atoms with Crippen LogP contribution >= 0.6 is 0 Å². The lowest BCUT2D eigenvalue weighted by Crippen LogP contribution is -2.54. The standard InChI is InChI=1S/C19H28N2O2/c1-12(13-5-4-8-17(11-13)23-2)19(22)21-18-14-6-3-7-15(18)10-16(20)9-14/h4-5,8,11-12,14-16,18H,3,6-7,9-10,20H2,1-2H3,(H,21,22). The van der Waals surface area contributed by atoms with Crippen molar-refractivity contribution in [3.05, 3.63) is 29.8 Å². The van der Waals surface area contributed by atoms with Gasteiger partial charge >= 0.3 is 0 Å². The van der Waals surface area contributed by atoms with E-state index >= 15 is 0 Å². The van der Waals surface area contributed by atoms with Gasteiger partial charge in [-0.1, -0.05) is 18.6 Å². The number of methoxy groups -OCH3 is 1. The second kappa shape index (κ2) is 6.91. The molecule has 0 spiro atoms. The second-order valence-corrected chi connectivity index (χ2v) is 7.22. The Bertz CT molecular complexity index is 546. The predicted octanol–water partition coefficient (Wildman–Crippen LogP) is 2.82. The molecule has 126 valence electrons. The molecule has 0 radical (unpaired) electrons. The number of fused-ring (bicyclic) bond motifs is 2. The van der Waals surface area contributed by atoms with E-state index in [0.717, 1.165) is 24.2 Å². The maximum atomic E-state index is 12.7. The molecule has 3 unspecified atom stereocenters. The van der Waals surface area contributed by atoms with Crippen LogP contribution in [0.1, 0.15) is 50.5 Å². The number of benzene rings is 1. The normalized spacial score (nSPS) is 31.3. The number of ether oxygens (including phenoxy) is 1. The molecule has 1 aromatic rings. The zero-order valence-electron chi connectivity index (χ0n) is 14.1. The highest BCUT2D eigenvalue weighted by atomic mass is 16.5. The fourth-order valence-electron chi connectivity index (χ4n) is 4.38. The van der Waals surface area contributed by atoms with Crippen molar-refractivity contribution in [3.8, 4) is 5.75 Å². The highest BCUT2D eigenvalue weighted by molar-refractivity contribution is 5.83. The molecule has 3 rings (SSSR count). The Kier molecular flexibility index (Phi) is 4.90. The summed E-state index contributed by atoms with van der Waals surface area (Å²) in [5.41, 5.74) is 7.17. The molecule has 2 bridgehead atoms. The van der Waals surface area contributed by atoms with E-state index in [2.05, 4.69) is 5.32 Å².